The average molecular weight is 441 g/mol. The fourth-order valence-corrected chi connectivity index (χ4v) is 4.31. The van der Waals surface area contributed by atoms with Gasteiger partial charge in [-0.15, -0.1) is 0 Å². The second kappa shape index (κ2) is 10.7. The number of hydrogen-bond donors (Lipinski definition) is 2. The summed E-state index contributed by atoms with van der Waals surface area (Å²) in [7, 11) is 0. The van der Waals surface area contributed by atoms with Gasteiger partial charge in [-0.25, -0.2) is 4.39 Å². The number of guanidine groups is 1. The molecule has 2 N–H and O–H groups in total. The molecule has 0 saturated carbocycles. The first-order valence-electron chi connectivity index (χ1n) is 11.6. The lowest BCUT2D eigenvalue weighted by atomic mass is 10.1. The van der Waals surface area contributed by atoms with Gasteiger partial charge in [0.05, 0.1) is 12.6 Å². The van der Waals surface area contributed by atoms with Crippen LogP contribution in [0.15, 0.2) is 41.4 Å². The van der Waals surface area contributed by atoms with Crippen LogP contribution >= 0.6 is 0 Å². The molecule has 2 heterocycles. The van der Waals surface area contributed by atoms with Gasteiger partial charge < -0.3 is 25.0 Å². The van der Waals surface area contributed by atoms with E-state index >= 15 is 0 Å². The number of anilines is 1. The maximum absolute atomic E-state index is 14.0. The normalized spacial score (nSPS) is 17.0. The monoisotopic (exact) mass is 440 g/mol. The molecule has 2 aromatic carbocycles. The van der Waals surface area contributed by atoms with Crippen LogP contribution in [-0.4, -0.2) is 38.9 Å². The second-order valence-corrected chi connectivity index (χ2v) is 8.33. The Hall–Kier alpha value is -2.80. The number of nitrogens with zero attached hydrogens (tertiary/aromatic N) is 2. The maximum atomic E-state index is 14.0. The van der Waals surface area contributed by atoms with Crippen molar-refractivity contribution in [2.45, 2.75) is 45.8 Å². The molecule has 0 bridgehead atoms. The van der Waals surface area contributed by atoms with Gasteiger partial charge in [-0.3, -0.25) is 4.99 Å². The Labute approximate surface area is 189 Å². The van der Waals surface area contributed by atoms with E-state index in [1.54, 1.807) is 0 Å². The summed E-state index contributed by atoms with van der Waals surface area (Å²) in [6, 6.07) is 11.9. The summed E-state index contributed by atoms with van der Waals surface area (Å²) in [5.74, 6) is 1.22. The highest BCUT2D eigenvalue weighted by Gasteiger charge is 2.17. The number of benzene rings is 2. The third kappa shape index (κ3) is 5.51. The highest BCUT2D eigenvalue weighted by molar-refractivity contribution is 5.80. The van der Waals surface area contributed by atoms with E-state index in [1.165, 1.54) is 36.2 Å². The summed E-state index contributed by atoms with van der Waals surface area (Å²) >= 11 is 0. The topological polar surface area (TPSA) is 58.1 Å². The lowest BCUT2D eigenvalue weighted by molar-refractivity contribution is -0.0172. The number of fused-ring (bicyclic) bond motifs is 1. The molecule has 6 nitrogen and oxygen atoms in total. The van der Waals surface area contributed by atoms with Crippen molar-refractivity contribution >= 4 is 11.6 Å². The first-order valence-corrected chi connectivity index (χ1v) is 11.6. The zero-order chi connectivity index (χ0) is 22.3. The number of rotatable bonds is 7. The fraction of sp³-hybridized carbons (Fsp3) is 0.480. The molecule has 1 atom stereocenters. The van der Waals surface area contributed by atoms with Crippen LogP contribution in [-0.2, 0) is 17.8 Å². The highest BCUT2D eigenvalue weighted by Crippen LogP contribution is 2.30. The van der Waals surface area contributed by atoms with Crippen molar-refractivity contribution in [1.29, 1.82) is 0 Å². The minimum atomic E-state index is -0.270. The van der Waals surface area contributed by atoms with Crippen LogP contribution in [0.3, 0.4) is 0 Å². The Morgan fingerprint density at radius 1 is 1.22 bits per heavy atom. The van der Waals surface area contributed by atoms with E-state index in [2.05, 4.69) is 46.7 Å². The smallest absolute Gasteiger partial charge is 0.191 e. The Kier molecular flexibility index (Phi) is 7.47. The molecule has 4 rings (SSSR count). The Bertz CT molecular complexity index is 944. The molecule has 32 heavy (non-hydrogen) atoms. The van der Waals surface area contributed by atoms with Crippen LogP contribution in [0.2, 0.25) is 0 Å². The number of aliphatic imine (C=N–C) groups is 1. The maximum Gasteiger partial charge on any atom is 0.191 e. The SMILES string of the molecule is CCNC(=NCCc1cc(F)cc2c1OCOC2)NC(C)c1cccc(N2CCCC2)c1. The molecule has 2 aromatic rings. The summed E-state index contributed by atoms with van der Waals surface area (Å²) in [5, 5.41) is 6.82. The number of nitrogens with one attached hydrogen (secondary N) is 2. The van der Waals surface area contributed by atoms with E-state index in [-0.39, 0.29) is 18.7 Å². The van der Waals surface area contributed by atoms with Gasteiger partial charge in [0.2, 0.25) is 0 Å². The summed E-state index contributed by atoms with van der Waals surface area (Å²) in [6.07, 6.45) is 3.12. The molecule has 0 aliphatic carbocycles. The van der Waals surface area contributed by atoms with Crippen molar-refractivity contribution in [3.63, 3.8) is 0 Å². The third-order valence-corrected chi connectivity index (χ3v) is 5.94. The van der Waals surface area contributed by atoms with E-state index < -0.39 is 0 Å². The van der Waals surface area contributed by atoms with Crippen LogP contribution < -0.4 is 20.3 Å². The summed E-state index contributed by atoms with van der Waals surface area (Å²) in [5.41, 5.74) is 4.10. The molecule has 1 unspecified atom stereocenters. The van der Waals surface area contributed by atoms with E-state index in [9.17, 15) is 4.39 Å². The minimum Gasteiger partial charge on any atom is -0.467 e. The van der Waals surface area contributed by atoms with Gasteiger partial charge in [0, 0.05) is 37.4 Å². The van der Waals surface area contributed by atoms with Crippen LogP contribution in [0, 0.1) is 5.82 Å². The molecule has 1 fully saturated rings. The van der Waals surface area contributed by atoms with Gasteiger partial charge in [0.15, 0.2) is 12.8 Å². The van der Waals surface area contributed by atoms with Crippen molar-refractivity contribution in [3.8, 4) is 5.75 Å². The number of hydrogen-bond acceptors (Lipinski definition) is 4. The zero-order valence-electron chi connectivity index (χ0n) is 19.0. The molecular formula is C25H33FN4O2. The van der Waals surface area contributed by atoms with Gasteiger partial charge in [-0.2, -0.15) is 0 Å². The van der Waals surface area contributed by atoms with Crippen LogP contribution in [0.25, 0.3) is 0 Å². The largest absolute Gasteiger partial charge is 0.467 e. The van der Waals surface area contributed by atoms with Gasteiger partial charge in [0.1, 0.15) is 11.6 Å². The van der Waals surface area contributed by atoms with Crippen LogP contribution in [0.4, 0.5) is 10.1 Å². The Morgan fingerprint density at radius 3 is 2.88 bits per heavy atom. The first-order chi connectivity index (χ1) is 15.6. The van der Waals surface area contributed by atoms with E-state index in [4.69, 9.17) is 14.5 Å². The molecular weight excluding hydrogens is 407 g/mol. The van der Waals surface area contributed by atoms with E-state index in [0.29, 0.717) is 19.6 Å². The number of halogens is 1. The molecule has 0 aromatic heterocycles. The fourth-order valence-electron chi connectivity index (χ4n) is 4.31. The van der Waals surface area contributed by atoms with E-state index in [0.717, 1.165) is 42.5 Å². The predicted octanol–water partition coefficient (Wildman–Crippen LogP) is 4.15. The molecule has 7 heteroatoms. The summed E-state index contributed by atoms with van der Waals surface area (Å²) < 4.78 is 24.9. The van der Waals surface area contributed by atoms with Gasteiger partial charge >= 0.3 is 0 Å². The van der Waals surface area contributed by atoms with Gasteiger partial charge in [0.25, 0.3) is 0 Å². The van der Waals surface area contributed by atoms with Gasteiger partial charge in [-0.05, 0) is 68.5 Å². The zero-order valence-corrected chi connectivity index (χ0v) is 19.0. The average Bonchev–Trinajstić information content (AvgIpc) is 3.34. The molecule has 2 aliphatic heterocycles. The molecule has 0 spiro atoms. The quantitative estimate of drug-likeness (QED) is 0.500. The first kappa shape index (κ1) is 22.4. The van der Waals surface area contributed by atoms with Crippen molar-refractivity contribution in [2.24, 2.45) is 4.99 Å². The summed E-state index contributed by atoms with van der Waals surface area (Å²) in [4.78, 5) is 7.17. The predicted molar refractivity (Wildman–Crippen MR) is 126 cm³/mol. The lowest BCUT2D eigenvalue weighted by Gasteiger charge is -2.22. The minimum absolute atomic E-state index is 0.109. The lowest BCUT2D eigenvalue weighted by Crippen LogP contribution is -2.39. The van der Waals surface area contributed by atoms with Crippen LogP contribution in [0.5, 0.6) is 5.75 Å². The highest BCUT2D eigenvalue weighted by atomic mass is 19.1. The molecule has 172 valence electrons. The summed E-state index contributed by atoms with van der Waals surface area (Å²) in [6.45, 7) is 8.33. The Balaban J connectivity index is 1.41. The Morgan fingerprint density at radius 2 is 2.06 bits per heavy atom. The second-order valence-electron chi connectivity index (χ2n) is 8.33. The number of ether oxygens (including phenoxy) is 2. The van der Waals surface area contributed by atoms with Crippen LogP contribution in [0.1, 0.15) is 49.4 Å². The third-order valence-electron chi connectivity index (χ3n) is 5.94. The molecule has 0 amide bonds. The van der Waals surface area contributed by atoms with Crippen molar-refractivity contribution in [1.82, 2.24) is 10.6 Å². The molecule has 2 aliphatic rings. The molecule has 0 radical (unpaired) electrons. The van der Waals surface area contributed by atoms with Gasteiger partial charge in [-0.1, -0.05) is 12.1 Å². The van der Waals surface area contributed by atoms with Crippen molar-refractivity contribution in [3.05, 3.63) is 58.9 Å². The van der Waals surface area contributed by atoms with Crippen molar-refractivity contribution < 1.29 is 13.9 Å². The van der Waals surface area contributed by atoms with Crippen molar-refractivity contribution in [2.75, 3.05) is 37.9 Å². The molecule has 1 saturated heterocycles. The van der Waals surface area contributed by atoms with E-state index in [1.807, 2.05) is 6.92 Å². The standard InChI is InChI=1S/C25H33FN4O2/c1-3-27-25(28-10-9-20-13-22(26)14-21-16-31-17-32-24(20)21)29-18(2)19-7-6-8-23(15-19)30-11-4-5-12-30/h6-8,13-15,18H,3-5,9-12,16-17H2,1-2H3,(H2,27,28,29).